The molecule has 0 bridgehead atoms. The second-order valence-corrected chi connectivity index (χ2v) is 9.26. The van der Waals surface area contributed by atoms with Gasteiger partial charge in [-0.1, -0.05) is 12.1 Å². The summed E-state index contributed by atoms with van der Waals surface area (Å²) in [4.78, 5) is 43.2. The monoisotopic (exact) mass is 493 g/mol. The number of ether oxygens (including phenoxy) is 1. The van der Waals surface area contributed by atoms with Gasteiger partial charge in [-0.15, -0.1) is 11.3 Å². The number of hydrogen-bond donors (Lipinski definition) is 3. The Balaban J connectivity index is 1.81. The molecule has 0 aliphatic rings. The van der Waals surface area contributed by atoms with Crippen molar-refractivity contribution in [3.8, 4) is 5.75 Å². The van der Waals surface area contributed by atoms with Gasteiger partial charge in [0.1, 0.15) is 11.4 Å². The van der Waals surface area contributed by atoms with Crippen molar-refractivity contribution in [1.29, 1.82) is 0 Å². The summed E-state index contributed by atoms with van der Waals surface area (Å²) in [6, 6.07) is 9.88. The lowest BCUT2D eigenvalue weighted by atomic mass is 9.98. The van der Waals surface area contributed by atoms with Crippen LogP contribution in [0.5, 0.6) is 5.75 Å². The quantitative estimate of drug-likeness (QED) is 0.339. The van der Waals surface area contributed by atoms with E-state index in [1.54, 1.807) is 56.3 Å². The number of phenols is 1. The van der Waals surface area contributed by atoms with Crippen LogP contribution in [0.25, 0.3) is 6.08 Å². The van der Waals surface area contributed by atoms with Crippen LogP contribution in [-0.4, -0.2) is 35.0 Å². The molecule has 0 spiro atoms. The largest absolute Gasteiger partial charge is 0.508 e. The highest BCUT2D eigenvalue weighted by Gasteiger charge is 2.20. The molecule has 8 nitrogen and oxygen atoms in total. The van der Waals surface area contributed by atoms with Crippen LogP contribution >= 0.6 is 11.3 Å². The maximum atomic E-state index is 13.1. The van der Waals surface area contributed by atoms with Crippen molar-refractivity contribution in [2.75, 3.05) is 7.11 Å². The second-order valence-electron chi connectivity index (χ2n) is 8.02. The molecule has 0 saturated heterocycles. The summed E-state index contributed by atoms with van der Waals surface area (Å²) >= 11 is 1.40. The fraction of sp³-hybridized carbons (Fsp3) is 0.231. The first-order valence-electron chi connectivity index (χ1n) is 10.8. The molecule has 1 heterocycles. The molecule has 182 valence electrons. The number of nitrogens with one attached hydrogen (secondary N) is 2. The van der Waals surface area contributed by atoms with Crippen molar-refractivity contribution in [3.63, 3.8) is 0 Å². The van der Waals surface area contributed by atoms with E-state index in [2.05, 4.69) is 15.6 Å². The van der Waals surface area contributed by atoms with Gasteiger partial charge in [-0.3, -0.25) is 9.59 Å². The Morgan fingerprint density at radius 3 is 2.31 bits per heavy atom. The van der Waals surface area contributed by atoms with Gasteiger partial charge in [-0.2, -0.15) is 0 Å². The standard InChI is InChI=1S/C26H27N3O5S/c1-14-9-19(24(31)27-13-18-7-6-8-20(30)11-18)10-15(2)23(14)25(32)29-21(26(33)34-5)12-22-16(3)28-17(4)35-22/h6-12,30H,13H2,1-5H3,(H,27,31)(H,29,32)/b21-12-. The number of thiazole rings is 1. The van der Waals surface area contributed by atoms with Gasteiger partial charge in [0.2, 0.25) is 0 Å². The van der Waals surface area contributed by atoms with Crippen LogP contribution in [0.4, 0.5) is 0 Å². The van der Waals surface area contributed by atoms with Crippen LogP contribution in [0, 0.1) is 27.7 Å². The van der Waals surface area contributed by atoms with E-state index < -0.39 is 11.9 Å². The minimum Gasteiger partial charge on any atom is -0.508 e. The van der Waals surface area contributed by atoms with Gasteiger partial charge < -0.3 is 20.5 Å². The molecule has 1 aromatic heterocycles. The third kappa shape index (κ3) is 6.33. The molecule has 0 fully saturated rings. The molecule has 0 saturated carbocycles. The highest BCUT2D eigenvalue weighted by Crippen LogP contribution is 2.22. The van der Waals surface area contributed by atoms with E-state index in [0.717, 1.165) is 21.1 Å². The Morgan fingerprint density at radius 2 is 1.74 bits per heavy atom. The van der Waals surface area contributed by atoms with Crippen molar-refractivity contribution in [3.05, 3.63) is 85.5 Å². The molecule has 0 atom stereocenters. The maximum Gasteiger partial charge on any atom is 0.354 e. The summed E-state index contributed by atoms with van der Waals surface area (Å²) < 4.78 is 4.84. The summed E-state index contributed by atoms with van der Waals surface area (Å²) in [6.07, 6.45) is 1.55. The van der Waals surface area contributed by atoms with Crippen molar-refractivity contribution in [2.45, 2.75) is 34.2 Å². The third-order valence-electron chi connectivity index (χ3n) is 5.25. The number of carbonyl (C=O) groups excluding carboxylic acids is 3. The highest BCUT2D eigenvalue weighted by molar-refractivity contribution is 7.12. The van der Waals surface area contributed by atoms with Crippen LogP contribution < -0.4 is 10.6 Å². The second kappa shape index (κ2) is 11.0. The van der Waals surface area contributed by atoms with Gasteiger partial charge in [-0.25, -0.2) is 9.78 Å². The molecular formula is C26H27N3O5S. The summed E-state index contributed by atoms with van der Waals surface area (Å²) in [6.45, 7) is 7.39. The number of phenolic OH excluding ortho intramolecular Hbond substituents is 1. The number of benzene rings is 2. The van der Waals surface area contributed by atoms with Crippen molar-refractivity contribution in [1.82, 2.24) is 15.6 Å². The molecule has 0 radical (unpaired) electrons. The highest BCUT2D eigenvalue weighted by atomic mass is 32.1. The van der Waals surface area contributed by atoms with E-state index in [9.17, 15) is 19.5 Å². The molecule has 2 amide bonds. The van der Waals surface area contributed by atoms with Gasteiger partial charge in [0.15, 0.2) is 0 Å². The molecule has 2 aromatic carbocycles. The van der Waals surface area contributed by atoms with Crippen molar-refractivity contribution in [2.24, 2.45) is 0 Å². The molecule has 0 aliphatic carbocycles. The summed E-state index contributed by atoms with van der Waals surface area (Å²) in [5.41, 5.74) is 3.43. The Hall–Kier alpha value is -3.98. The van der Waals surface area contributed by atoms with Crippen LogP contribution in [0.1, 0.15) is 53.0 Å². The first-order chi connectivity index (χ1) is 16.6. The molecule has 3 aromatic rings. The molecule has 0 unspecified atom stereocenters. The number of aryl methyl sites for hydroxylation is 4. The number of esters is 1. The zero-order chi connectivity index (χ0) is 25.7. The number of aromatic nitrogens is 1. The van der Waals surface area contributed by atoms with E-state index >= 15 is 0 Å². The molecule has 0 aliphatic heterocycles. The third-order valence-corrected chi connectivity index (χ3v) is 6.27. The van der Waals surface area contributed by atoms with Crippen molar-refractivity contribution >= 4 is 35.2 Å². The average Bonchev–Trinajstić information content (AvgIpc) is 3.12. The average molecular weight is 494 g/mol. The zero-order valence-electron chi connectivity index (χ0n) is 20.2. The van der Waals surface area contributed by atoms with Gasteiger partial charge in [-0.05, 0) is 74.7 Å². The lowest BCUT2D eigenvalue weighted by Gasteiger charge is -2.14. The van der Waals surface area contributed by atoms with Gasteiger partial charge in [0.05, 0.1) is 22.7 Å². The maximum absolute atomic E-state index is 13.1. The SMILES string of the molecule is COC(=O)/C(=C/c1sc(C)nc1C)NC(=O)c1c(C)cc(C(=O)NCc2cccc(O)c2)cc1C. The lowest BCUT2D eigenvalue weighted by Crippen LogP contribution is -2.29. The molecule has 3 N–H and O–H groups in total. The Bertz CT molecular complexity index is 1300. The van der Waals surface area contributed by atoms with Crippen LogP contribution in [0.2, 0.25) is 0 Å². The normalized spacial score (nSPS) is 11.2. The lowest BCUT2D eigenvalue weighted by molar-refractivity contribution is -0.136. The van der Waals surface area contributed by atoms with E-state index in [1.807, 2.05) is 13.8 Å². The first-order valence-corrected chi connectivity index (χ1v) is 11.6. The van der Waals surface area contributed by atoms with Crippen LogP contribution in [-0.2, 0) is 16.1 Å². The summed E-state index contributed by atoms with van der Waals surface area (Å²) in [5, 5.41) is 15.9. The summed E-state index contributed by atoms with van der Waals surface area (Å²) in [5.74, 6) is -1.35. The number of nitrogens with zero attached hydrogens (tertiary/aromatic N) is 1. The van der Waals surface area contributed by atoms with E-state index in [-0.39, 0.29) is 23.9 Å². The topological polar surface area (TPSA) is 118 Å². The minimum absolute atomic E-state index is 0.00372. The van der Waals surface area contributed by atoms with Crippen molar-refractivity contribution < 1.29 is 24.2 Å². The fourth-order valence-electron chi connectivity index (χ4n) is 3.66. The minimum atomic E-state index is -0.679. The number of methoxy groups -OCH3 is 1. The van der Waals surface area contributed by atoms with Gasteiger partial charge in [0.25, 0.3) is 11.8 Å². The Morgan fingerprint density at radius 1 is 1.06 bits per heavy atom. The van der Waals surface area contributed by atoms with E-state index in [0.29, 0.717) is 22.3 Å². The fourth-order valence-corrected chi connectivity index (χ4v) is 4.53. The Labute approximate surface area is 207 Å². The first kappa shape index (κ1) is 25.6. The van der Waals surface area contributed by atoms with Gasteiger partial charge >= 0.3 is 5.97 Å². The number of carbonyl (C=O) groups is 3. The smallest absolute Gasteiger partial charge is 0.354 e. The Kier molecular flexibility index (Phi) is 8.03. The molecule has 3 rings (SSSR count). The number of hydrogen-bond acceptors (Lipinski definition) is 7. The van der Waals surface area contributed by atoms with Crippen LogP contribution in [0.3, 0.4) is 0 Å². The molecule has 35 heavy (non-hydrogen) atoms. The molecular weight excluding hydrogens is 466 g/mol. The zero-order valence-corrected chi connectivity index (χ0v) is 21.0. The van der Waals surface area contributed by atoms with Gasteiger partial charge in [0, 0.05) is 17.7 Å². The number of aromatic hydroxyl groups is 1. The van der Waals surface area contributed by atoms with E-state index in [4.69, 9.17) is 4.74 Å². The number of rotatable bonds is 7. The van der Waals surface area contributed by atoms with E-state index in [1.165, 1.54) is 18.4 Å². The summed E-state index contributed by atoms with van der Waals surface area (Å²) in [7, 11) is 1.24. The predicted molar refractivity (Wildman–Crippen MR) is 134 cm³/mol. The predicted octanol–water partition coefficient (Wildman–Crippen LogP) is 3.96. The molecule has 9 heteroatoms. The van der Waals surface area contributed by atoms with Crippen LogP contribution in [0.15, 0.2) is 42.1 Å². The number of amides is 2.